The fraction of sp³-hybridized carbons (Fsp3) is 0.500. The molecule has 1 unspecified atom stereocenters. The molecule has 1 saturated heterocycles. The molecular formula is C14H18BrNO2. The second-order valence-corrected chi connectivity index (χ2v) is 5.85. The number of hydrogen-bond acceptors (Lipinski definition) is 2. The van der Waals surface area contributed by atoms with Gasteiger partial charge in [0.25, 0.3) is 0 Å². The molecule has 0 saturated carbocycles. The molecule has 0 aliphatic carbocycles. The van der Waals surface area contributed by atoms with E-state index in [4.69, 9.17) is 5.11 Å². The maximum absolute atomic E-state index is 10.9. The lowest BCUT2D eigenvalue weighted by molar-refractivity contribution is 0.0697. The standard InChI is InChI=1S/C14H18BrNO2/c1-10-3-2-7-16(8-6-10)13-5-4-11(14(17)18)9-12(13)15/h4-5,9-10H,2-3,6-8H2,1H3,(H,17,18). The highest BCUT2D eigenvalue weighted by Gasteiger charge is 2.17. The van der Waals surface area contributed by atoms with E-state index in [1.165, 1.54) is 19.3 Å². The van der Waals surface area contributed by atoms with E-state index < -0.39 is 5.97 Å². The number of carbonyl (C=O) groups is 1. The topological polar surface area (TPSA) is 40.5 Å². The molecule has 18 heavy (non-hydrogen) atoms. The van der Waals surface area contributed by atoms with Crippen LogP contribution in [-0.2, 0) is 0 Å². The van der Waals surface area contributed by atoms with E-state index in [0.717, 1.165) is 29.2 Å². The molecule has 0 aromatic heterocycles. The number of benzene rings is 1. The van der Waals surface area contributed by atoms with E-state index in [1.807, 2.05) is 6.07 Å². The Balaban J connectivity index is 2.20. The first-order valence-corrected chi connectivity index (χ1v) is 7.15. The number of hydrogen-bond donors (Lipinski definition) is 1. The second-order valence-electron chi connectivity index (χ2n) is 4.99. The fourth-order valence-corrected chi connectivity index (χ4v) is 3.03. The van der Waals surface area contributed by atoms with Crippen molar-refractivity contribution >= 4 is 27.6 Å². The lowest BCUT2D eigenvalue weighted by atomic mass is 10.0. The molecule has 1 atom stereocenters. The average Bonchev–Trinajstić information content (AvgIpc) is 2.54. The number of carboxylic acids is 1. The van der Waals surface area contributed by atoms with Gasteiger partial charge in [0.05, 0.1) is 11.3 Å². The molecule has 0 bridgehead atoms. The monoisotopic (exact) mass is 311 g/mol. The summed E-state index contributed by atoms with van der Waals surface area (Å²) in [5, 5.41) is 8.96. The largest absolute Gasteiger partial charge is 0.478 e. The Labute approximate surface area is 116 Å². The molecule has 2 rings (SSSR count). The van der Waals surface area contributed by atoms with Gasteiger partial charge in [0.1, 0.15) is 0 Å². The van der Waals surface area contributed by atoms with Gasteiger partial charge in [0, 0.05) is 17.6 Å². The summed E-state index contributed by atoms with van der Waals surface area (Å²) in [5.74, 6) is -0.0983. The molecule has 0 spiro atoms. The van der Waals surface area contributed by atoms with Crippen molar-refractivity contribution < 1.29 is 9.90 Å². The molecule has 0 radical (unpaired) electrons. The first-order chi connectivity index (χ1) is 8.58. The van der Waals surface area contributed by atoms with E-state index in [9.17, 15) is 4.79 Å². The van der Waals surface area contributed by atoms with Gasteiger partial charge in [0.15, 0.2) is 0 Å². The van der Waals surface area contributed by atoms with Gasteiger partial charge < -0.3 is 10.0 Å². The van der Waals surface area contributed by atoms with Crippen molar-refractivity contribution in [2.24, 2.45) is 5.92 Å². The van der Waals surface area contributed by atoms with Gasteiger partial charge in [-0.2, -0.15) is 0 Å². The summed E-state index contributed by atoms with van der Waals surface area (Å²) in [5.41, 5.74) is 1.43. The Kier molecular flexibility index (Phi) is 4.27. The minimum Gasteiger partial charge on any atom is -0.478 e. The van der Waals surface area contributed by atoms with Crippen LogP contribution in [0, 0.1) is 5.92 Å². The van der Waals surface area contributed by atoms with Gasteiger partial charge >= 0.3 is 5.97 Å². The van der Waals surface area contributed by atoms with Crippen LogP contribution in [0.4, 0.5) is 5.69 Å². The van der Waals surface area contributed by atoms with Crippen LogP contribution < -0.4 is 4.90 Å². The van der Waals surface area contributed by atoms with Crippen molar-refractivity contribution in [1.29, 1.82) is 0 Å². The molecule has 3 nitrogen and oxygen atoms in total. The Hall–Kier alpha value is -1.03. The third kappa shape index (κ3) is 3.05. The molecule has 1 N–H and O–H groups in total. The van der Waals surface area contributed by atoms with Crippen molar-refractivity contribution in [1.82, 2.24) is 0 Å². The number of aromatic carboxylic acids is 1. The molecule has 1 aromatic rings. The van der Waals surface area contributed by atoms with Crippen LogP contribution in [-0.4, -0.2) is 24.2 Å². The van der Waals surface area contributed by atoms with Crippen LogP contribution in [0.15, 0.2) is 22.7 Å². The van der Waals surface area contributed by atoms with Gasteiger partial charge in [0.2, 0.25) is 0 Å². The second kappa shape index (κ2) is 5.74. The van der Waals surface area contributed by atoms with Crippen LogP contribution in [0.5, 0.6) is 0 Å². The molecule has 1 fully saturated rings. The Morgan fingerprint density at radius 3 is 2.83 bits per heavy atom. The van der Waals surface area contributed by atoms with Crippen LogP contribution in [0.1, 0.15) is 36.5 Å². The minimum absolute atomic E-state index is 0.328. The van der Waals surface area contributed by atoms with Gasteiger partial charge in [-0.3, -0.25) is 0 Å². The first-order valence-electron chi connectivity index (χ1n) is 6.35. The van der Waals surface area contributed by atoms with Gasteiger partial charge in [-0.15, -0.1) is 0 Å². The van der Waals surface area contributed by atoms with Crippen molar-refractivity contribution in [3.63, 3.8) is 0 Å². The molecule has 1 aliphatic rings. The zero-order valence-electron chi connectivity index (χ0n) is 10.5. The lowest BCUT2D eigenvalue weighted by Gasteiger charge is -2.24. The van der Waals surface area contributed by atoms with E-state index in [1.54, 1.807) is 12.1 Å². The molecular weight excluding hydrogens is 294 g/mol. The first kappa shape index (κ1) is 13.4. The summed E-state index contributed by atoms with van der Waals surface area (Å²) in [6.07, 6.45) is 3.68. The maximum atomic E-state index is 10.9. The maximum Gasteiger partial charge on any atom is 0.335 e. The summed E-state index contributed by atoms with van der Waals surface area (Å²) in [7, 11) is 0. The molecule has 1 aliphatic heterocycles. The van der Waals surface area contributed by atoms with Gasteiger partial charge in [-0.25, -0.2) is 4.79 Å². The zero-order chi connectivity index (χ0) is 13.1. The molecule has 1 aromatic carbocycles. The highest BCUT2D eigenvalue weighted by molar-refractivity contribution is 9.10. The predicted molar refractivity (Wildman–Crippen MR) is 76.3 cm³/mol. The summed E-state index contributed by atoms with van der Waals surface area (Å²) in [6.45, 7) is 4.40. The van der Waals surface area contributed by atoms with E-state index >= 15 is 0 Å². The van der Waals surface area contributed by atoms with Crippen molar-refractivity contribution in [3.05, 3.63) is 28.2 Å². The number of rotatable bonds is 2. The van der Waals surface area contributed by atoms with E-state index in [0.29, 0.717) is 5.56 Å². The molecule has 1 heterocycles. The van der Waals surface area contributed by atoms with Gasteiger partial charge in [-0.1, -0.05) is 6.92 Å². The number of carboxylic acid groups (broad SMARTS) is 1. The van der Waals surface area contributed by atoms with E-state index in [2.05, 4.69) is 27.8 Å². The average molecular weight is 312 g/mol. The zero-order valence-corrected chi connectivity index (χ0v) is 12.1. The summed E-state index contributed by atoms with van der Waals surface area (Å²) >= 11 is 3.49. The normalized spacial score (nSPS) is 20.6. The third-order valence-corrected chi connectivity index (χ3v) is 4.19. The van der Waals surface area contributed by atoms with Crippen molar-refractivity contribution in [3.8, 4) is 0 Å². The molecule has 98 valence electrons. The number of nitrogens with zero attached hydrogens (tertiary/aromatic N) is 1. The van der Waals surface area contributed by atoms with Crippen LogP contribution in [0.25, 0.3) is 0 Å². The van der Waals surface area contributed by atoms with Gasteiger partial charge in [-0.05, 0) is 59.3 Å². The van der Waals surface area contributed by atoms with Crippen LogP contribution in [0.2, 0.25) is 0 Å². The van der Waals surface area contributed by atoms with E-state index in [-0.39, 0.29) is 0 Å². The Morgan fingerprint density at radius 1 is 1.39 bits per heavy atom. The third-order valence-electron chi connectivity index (χ3n) is 3.55. The highest BCUT2D eigenvalue weighted by atomic mass is 79.9. The van der Waals surface area contributed by atoms with Crippen molar-refractivity contribution in [2.75, 3.05) is 18.0 Å². The Bertz CT molecular complexity index is 447. The van der Waals surface area contributed by atoms with Crippen LogP contribution in [0.3, 0.4) is 0 Å². The minimum atomic E-state index is -0.883. The van der Waals surface area contributed by atoms with Crippen molar-refractivity contribution in [2.45, 2.75) is 26.2 Å². The molecule has 0 amide bonds. The lowest BCUT2D eigenvalue weighted by Crippen LogP contribution is -2.24. The number of anilines is 1. The Morgan fingerprint density at radius 2 is 2.17 bits per heavy atom. The number of halogens is 1. The summed E-state index contributed by atoms with van der Waals surface area (Å²) in [4.78, 5) is 13.3. The quantitative estimate of drug-likeness (QED) is 0.903. The highest BCUT2D eigenvalue weighted by Crippen LogP contribution is 2.30. The summed E-state index contributed by atoms with van der Waals surface area (Å²) < 4.78 is 0.872. The van der Waals surface area contributed by atoms with Crippen LogP contribution >= 0.6 is 15.9 Å². The summed E-state index contributed by atoms with van der Waals surface area (Å²) in [6, 6.07) is 5.27. The SMILES string of the molecule is CC1CCCN(c2ccc(C(=O)O)cc2Br)CC1. The predicted octanol–water partition coefficient (Wildman–Crippen LogP) is 3.77. The molecule has 4 heteroatoms. The smallest absolute Gasteiger partial charge is 0.335 e. The fourth-order valence-electron chi connectivity index (χ4n) is 2.40.